The monoisotopic (exact) mass is 495 g/mol. The van der Waals surface area contributed by atoms with Gasteiger partial charge in [0.2, 0.25) is 0 Å². The molecule has 0 heterocycles. The Morgan fingerprint density at radius 3 is 1.75 bits per heavy atom. The summed E-state index contributed by atoms with van der Waals surface area (Å²) in [6.07, 6.45) is 0. The maximum atomic E-state index is 9.85. The molecule has 0 bridgehead atoms. The summed E-state index contributed by atoms with van der Waals surface area (Å²) in [6.45, 7) is 1.77. The molecule has 0 fully saturated rings. The zero-order valence-electron chi connectivity index (χ0n) is 10.8. The van der Waals surface area contributed by atoms with Crippen molar-refractivity contribution in [2.45, 2.75) is 6.92 Å². The van der Waals surface area contributed by atoms with Crippen LogP contribution in [0.5, 0.6) is 0 Å². The minimum absolute atomic E-state index is 0. The number of nitrogens with zero attached hydrogens (tertiary/aromatic N) is 1. The summed E-state index contributed by atoms with van der Waals surface area (Å²) in [4.78, 5) is 10.9. The number of hydrogen-bond donors (Lipinski definition) is 0. The molecule has 100 valence electrons. The first-order valence-corrected chi connectivity index (χ1v) is 5.24. The van der Waals surface area contributed by atoms with Gasteiger partial charge in [-0.05, 0) is 0 Å². The second-order valence-electron chi connectivity index (χ2n) is 3.16. The smallest absolute Gasteiger partial charge is 0.258 e. The first kappa shape index (κ1) is 20.7. The van der Waals surface area contributed by atoms with Crippen molar-refractivity contribution >= 4 is 6.47 Å². The van der Waals surface area contributed by atoms with Crippen LogP contribution in [-0.4, -0.2) is 6.47 Å². The maximum absolute atomic E-state index is 9.85. The van der Waals surface area contributed by atoms with Gasteiger partial charge in [-0.25, -0.2) is 0 Å². The quantitative estimate of drug-likeness (QED) is 0.451. The van der Waals surface area contributed by atoms with Crippen LogP contribution in [0.1, 0.15) is 11.1 Å². The summed E-state index contributed by atoms with van der Waals surface area (Å²) in [5.74, 6) is 0. The maximum Gasteiger partial charge on any atom is 2.00 e. The van der Waals surface area contributed by atoms with Gasteiger partial charge in [0.25, 0.3) is 0 Å². The van der Waals surface area contributed by atoms with E-state index in [4.69, 9.17) is 10.1 Å². The second kappa shape index (κ2) is 15.4. The molecule has 0 amide bonds. The van der Waals surface area contributed by atoms with E-state index in [0.717, 1.165) is 0 Å². The average molecular weight is 495 g/mol. The molecule has 2 aromatic rings. The van der Waals surface area contributed by atoms with Crippen LogP contribution in [0.15, 0.2) is 48.5 Å². The van der Waals surface area contributed by atoms with Crippen molar-refractivity contribution in [2.24, 2.45) is 0 Å². The summed E-state index contributed by atoms with van der Waals surface area (Å²) < 4.78 is 9.85. The van der Waals surface area contributed by atoms with Crippen LogP contribution in [0.3, 0.4) is 0 Å². The summed E-state index contributed by atoms with van der Waals surface area (Å²) in [7, 11) is 0. The zero-order valence-corrected chi connectivity index (χ0v) is 15.0. The molecule has 2 rings (SSSR count). The molecule has 0 aromatic heterocycles. The molecule has 0 aliphatic carbocycles. The van der Waals surface area contributed by atoms with E-state index in [1.807, 2.05) is 30.3 Å². The van der Waals surface area contributed by atoms with Crippen molar-refractivity contribution < 1.29 is 45.4 Å². The van der Waals surface area contributed by atoms with Crippen molar-refractivity contribution in [3.63, 3.8) is 0 Å². The Kier molecular flexibility index (Phi) is 16.0. The van der Waals surface area contributed by atoms with Crippen molar-refractivity contribution in [2.75, 3.05) is 0 Å². The normalized spacial score (nSPS) is 7.25. The fourth-order valence-electron chi connectivity index (χ4n) is 0.932. The molecule has 0 saturated carbocycles. The van der Waals surface area contributed by atoms with Gasteiger partial charge in [0.05, 0.1) is 6.07 Å². The first-order valence-electron chi connectivity index (χ1n) is 5.24. The van der Waals surface area contributed by atoms with E-state index in [9.17, 15) is 4.53 Å². The molecule has 2 aromatic carbocycles. The van der Waals surface area contributed by atoms with Gasteiger partial charge in [-0.1, -0.05) is 12.5 Å². The van der Waals surface area contributed by atoms with E-state index in [-0.39, 0.29) is 37.6 Å². The second-order valence-corrected chi connectivity index (χ2v) is 3.16. The summed E-state index contributed by atoms with van der Waals surface area (Å²) in [6, 6.07) is 22.5. The molecule has 0 atom stereocenters. The Balaban J connectivity index is 0. The molecule has 0 N–H and O–H groups in total. The topological polar surface area (TPSA) is 50.1 Å². The number of benzene rings is 2. The standard InChI is InChI=1S/C7H4N.C7H7.CHFO2.U/c8-6-7-4-2-1-3-5-7;1-7-5-3-2-4-6-7;2-4-1-3;/h2-5H;3-6H,1H3;1H;/q2*-1;;+2. The van der Waals surface area contributed by atoms with Gasteiger partial charge in [0.1, 0.15) is 0 Å². The predicted molar refractivity (Wildman–Crippen MR) is 68.3 cm³/mol. The molecule has 0 aliphatic rings. The molecule has 0 spiro atoms. The van der Waals surface area contributed by atoms with E-state index in [0.29, 0.717) is 5.56 Å². The third kappa shape index (κ3) is 12.8. The van der Waals surface area contributed by atoms with E-state index in [1.54, 1.807) is 24.3 Å². The fraction of sp³-hybridized carbons (Fsp3) is 0.0667. The Hall–Kier alpha value is -1.62. The third-order valence-corrected chi connectivity index (χ3v) is 1.77. The van der Waals surface area contributed by atoms with Crippen LogP contribution in [0, 0.1) is 61.5 Å². The van der Waals surface area contributed by atoms with Crippen molar-refractivity contribution in [3.05, 3.63) is 71.8 Å². The van der Waals surface area contributed by atoms with Crippen LogP contribution in [0.4, 0.5) is 4.53 Å². The van der Waals surface area contributed by atoms with Crippen LogP contribution < -0.4 is 0 Å². The molecule has 0 unspecified atom stereocenters. The number of carbonyl (C=O) groups is 1. The molecule has 0 aliphatic heterocycles. The fourth-order valence-corrected chi connectivity index (χ4v) is 0.932. The first-order chi connectivity index (χ1) is 9.24. The van der Waals surface area contributed by atoms with Crippen LogP contribution in [0.2, 0.25) is 0 Å². The number of carbonyl (C=O) groups excluding carboxylic acids is 1. The Labute approximate surface area is 141 Å². The van der Waals surface area contributed by atoms with E-state index in [2.05, 4.69) is 24.0 Å². The van der Waals surface area contributed by atoms with Crippen LogP contribution in [0.25, 0.3) is 0 Å². The number of rotatable bonds is 1. The average Bonchev–Trinajstić information content (AvgIpc) is 2.50. The van der Waals surface area contributed by atoms with E-state index in [1.165, 1.54) is 5.56 Å². The third-order valence-electron chi connectivity index (χ3n) is 1.77. The SMILES string of the molecule is Cc1cc[c-]cc1.N#Cc1cc[c-]cc1.O=COF.[U+2]. The van der Waals surface area contributed by atoms with Gasteiger partial charge in [0, 0.05) is 4.53 Å². The minimum atomic E-state index is -0.292. The summed E-state index contributed by atoms with van der Waals surface area (Å²) in [5.41, 5.74) is 1.97. The Morgan fingerprint density at radius 2 is 1.55 bits per heavy atom. The van der Waals surface area contributed by atoms with Crippen molar-refractivity contribution in [3.8, 4) is 6.07 Å². The summed E-state index contributed by atoms with van der Waals surface area (Å²) >= 11 is 0. The number of nitriles is 1. The number of aryl methyl sites for hydroxylation is 1. The van der Waals surface area contributed by atoms with Gasteiger partial charge in [-0.2, -0.15) is 71.5 Å². The minimum Gasteiger partial charge on any atom is -0.258 e. The zero-order chi connectivity index (χ0) is 14.3. The number of hydrogen-bond acceptors (Lipinski definition) is 3. The van der Waals surface area contributed by atoms with Gasteiger partial charge < -0.3 is 0 Å². The molecule has 3 nitrogen and oxygen atoms in total. The molecule has 0 radical (unpaired) electrons. The largest absolute Gasteiger partial charge is 2.00 e. The van der Waals surface area contributed by atoms with Gasteiger partial charge in [-0.15, -0.1) is 0 Å². The van der Waals surface area contributed by atoms with Crippen LogP contribution in [-0.2, 0) is 9.74 Å². The van der Waals surface area contributed by atoms with E-state index >= 15 is 0 Å². The molecular formula is C15H12FNO2U. The molecular weight excluding hydrogens is 483 g/mol. The summed E-state index contributed by atoms with van der Waals surface area (Å²) in [5, 5.41) is 8.27. The van der Waals surface area contributed by atoms with Crippen molar-refractivity contribution in [1.82, 2.24) is 0 Å². The van der Waals surface area contributed by atoms with Gasteiger partial charge in [0.15, 0.2) is 0 Å². The molecule has 5 heteroatoms. The van der Waals surface area contributed by atoms with Gasteiger partial charge in [-0.3, -0.25) is 9.74 Å². The number of halogens is 1. The van der Waals surface area contributed by atoms with E-state index < -0.39 is 0 Å². The molecule has 20 heavy (non-hydrogen) atoms. The van der Waals surface area contributed by atoms with Gasteiger partial charge >= 0.3 is 37.6 Å². The van der Waals surface area contributed by atoms with Crippen LogP contribution >= 0.6 is 0 Å². The predicted octanol–water partition coefficient (Wildman–Crippen LogP) is 3.20. The Morgan fingerprint density at radius 1 is 1.15 bits per heavy atom. The Bertz CT molecular complexity index is 486. The van der Waals surface area contributed by atoms with Crippen molar-refractivity contribution in [1.29, 1.82) is 5.26 Å². The molecule has 0 saturated heterocycles.